The lowest BCUT2D eigenvalue weighted by Gasteiger charge is -1.90. The summed E-state index contributed by atoms with van der Waals surface area (Å²) in [7, 11) is 0. The molecule has 0 unspecified atom stereocenters. The second-order valence-corrected chi connectivity index (χ2v) is 2.51. The van der Waals surface area contributed by atoms with Gasteiger partial charge in [0.25, 0.3) is 0 Å². The quantitative estimate of drug-likeness (QED) is 0.401. The smallest absolute Gasteiger partial charge is 0.0569 e. The van der Waals surface area contributed by atoms with Crippen LogP contribution in [0.1, 0.15) is 12.5 Å². The van der Waals surface area contributed by atoms with Gasteiger partial charge in [-0.2, -0.15) is 5.10 Å². The van der Waals surface area contributed by atoms with E-state index in [-0.39, 0.29) is 0 Å². The highest BCUT2D eigenvalue weighted by Gasteiger charge is 1.83. The number of hydrogen-bond acceptors (Lipinski definition) is 2. The maximum atomic E-state index is 5.07. The Morgan fingerprint density at radius 2 is 2.00 bits per heavy atom. The van der Waals surface area contributed by atoms with E-state index in [9.17, 15) is 0 Å². The summed E-state index contributed by atoms with van der Waals surface area (Å²) in [4.78, 5) is 0. The fourth-order valence-electron chi connectivity index (χ4n) is 0.824. The standard InChI is InChI=1S/C10H12N2/c1-9(12-11)7-8-10-5-3-2-4-6-10/h2-8H,11H2,1H3/b8-7-,12-9-. The predicted molar refractivity (Wildman–Crippen MR) is 52.8 cm³/mol. The molecule has 0 bridgehead atoms. The topological polar surface area (TPSA) is 38.4 Å². The van der Waals surface area contributed by atoms with Crippen LogP contribution in [0.15, 0.2) is 41.5 Å². The molecule has 2 N–H and O–H groups in total. The number of rotatable bonds is 2. The number of hydrogen-bond donors (Lipinski definition) is 1. The molecule has 0 aliphatic heterocycles. The van der Waals surface area contributed by atoms with E-state index in [0.717, 1.165) is 11.3 Å². The third kappa shape index (κ3) is 2.58. The lowest BCUT2D eigenvalue weighted by molar-refractivity contribution is 1.24. The molecule has 0 saturated carbocycles. The van der Waals surface area contributed by atoms with Crippen LogP contribution in [0.4, 0.5) is 0 Å². The molecule has 2 heteroatoms. The van der Waals surface area contributed by atoms with Crippen molar-refractivity contribution in [2.75, 3.05) is 0 Å². The zero-order valence-corrected chi connectivity index (χ0v) is 7.07. The largest absolute Gasteiger partial charge is 0.323 e. The van der Waals surface area contributed by atoms with E-state index < -0.39 is 0 Å². The van der Waals surface area contributed by atoms with Crippen molar-refractivity contribution in [3.05, 3.63) is 42.0 Å². The van der Waals surface area contributed by atoms with E-state index in [1.807, 2.05) is 49.4 Å². The summed E-state index contributed by atoms with van der Waals surface area (Å²) in [5, 5.41) is 3.53. The van der Waals surface area contributed by atoms with Crippen molar-refractivity contribution in [2.24, 2.45) is 10.9 Å². The highest BCUT2D eigenvalue weighted by Crippen LogP contribution is 2.00. The second kappa shape index (κ2) is 4.34. The van der Waals surface area contributed by atoms with Gasteiger partial charge in [0.2, 0.25) is 0 Å². The molecule has 0 amide bonds. The molecule has 0 spiro atoms. The SMILES string of the molecule is CC(/C=C\c1ccccc1)=N/N. The first-order chi connectivity index (χ1) is 5.83. The van der Waals surface area contributed by atoms with Crippen molar-refractivity contribution in [1.82, 2.24) is 0 Å². The maximum absolute atomic E-state index is 5.07. The molecule has 1 aromatic carbocycles. The van der Waals surface area contributed by atoms with Gasteiger partial charge in [-0.05, 0) is 18.6 Å². The number of nitrogens with two attached hydrogens (primary N) is 1. The summed E-state index contributed by atoms with van der Waals surface area (Å²) < 4.78 is 0. The molecule has 0 aliphatic carbocycles. The van der Waals surface area contributed by atoms with Crippen LogP contribution in [0.25, 0.3) is 6.08 Å². The Morgan fingerprint density at radius 1 is 1.33 bits per heavy atom. The molecule has 12 heavy (non-hydrogen) atoms. The molecular formula is C10H12N2. The fourth-order valence-corrected chi connectivity index (χ4v) is 0.824. The van der Waals surface area contributed by atoms with Crippen LogP contribution in [0, 0.1) is 0 Å². The van der Waals surface area contributed by atoms with E-state index in [2.05, 4.69) is 5.10 Å². The van der Waals surface area contributed by atoms with Gasteiger partial charge in [0, 0.05) is 0 Å². The molecule has 0 radical (unpaired) electrons. The van der Waals surface area contributed by atoms with Gasteiger partial charge >= 0.3 is 0 Å². The Kier molecular flexibility index (Phi) is 3.08. The van der Waals surface area contributed by atoms with Crippen molar-refractivity contribution in [1.29, 1.82) is 0 Å². The van der Waals surface area contributed by atoms with Gasteiger partial charge in [0.15, 0.2) is 0 Å². The fraction of sp³-hybridized carbons (Fsp3) is 0.100. The highest BCUT2D eigenvalue weighted by molar-refractivity contribution is 5.96. The van der Waals surface area contributed by atoms with Crippen LogP contribution >= 0.6 is 0 Å². The minimum atomic E-state index is 0.818. The normalized spacial score (nSPS) is 12.2. The number of hydrazone groups is 1. The van der Waals surface area contributed by atoms with Crippen molar-refractivity contribution < 1.29 is 0 Å². The van der Waals surface area contributed by atoms with Gasteiger partial charge < -0.3 is 5.84 Å². The second-order valence-electron chi connectivity index (χ2n) is 2.51. The Hall–Kier alpha value is -1.57. The van der Waals surface area contributed by atoms with Gasteiger partial charge in [-0.1, -0.05) is 36.4 Å². The Morgan fingerprint density at radius 3 is 2.58 bits per heavy atom. The van der Waals surface area contributed by atoms with Crippen molar-refractivity contribution in [3.8, 4) is 0 Å². The molecule has 0 heterocycles. The van der Waals surface area contributed by atoms with Crippen molar-refractivity contribution >= 4 is 11.8 Å². The summed E-state index contributed by atoms with van der Waals surface area (Å²) >= 11 is 0. The minimum absolute atomic E-state index is 0.818. The third-order valence-electron chi connectivity index (χ3n) is 1.52. The Bertz CT molecular complexity index is 286. The van der Waals surface area contributed by atoms with E-state index in [4.69, 9.17) is 5.84 Å². The van der Waals surface area contributed by atoms with Gasteiger partial charge in [0.05, 0.1) is 5.71 Å². The molecule has 1 rings (SSSR count). The molecule has 0 aliphatic rings. The molecule has 2 nitrogen and oxygen atoms in total. The number of nitrogens with zero attached hydrogens (tertiary/aromatic N) is 1. The Labute approximate surface area is 72.4 Å². The first-order valence-corrected chi connectivity index (χ1v) is 3.80. The average molecular weight is 160 g/mol. The van der Waals surface area contributed by atoms with Gasteiger partial charge in [-0.3, -0.25) is 0 Å². The van der Waals surface area contributed by atoms with Gasteiger partial charge in [-0.15, -0.1) is 0 Å². The monoisotopic (exact) mass is 160 g/mol. The molecule has 0 saturated heterocycles. The lowest BCUT2D eigenvalue weighted by atomic mass is 10.2. The van der Waals surface area contributed by atoms with E-state index >= 15 is 0 Å². The maximum Gasteiger partial charge on any atom is 0.0569 e. The lowest BCUT2D eigenvalue weighted by Crippen LogP contribution is -1.90. The zero-order chi connectivity index (χ0) is 8.81. The summed E-state index contributed by atoms with van der Waals surface area (Å²) in [6.45, 7) is 1.86. The van der Waals surface area contributed by atoms with E-state index in [1.54, 1.807) is 0 Å². The van der Waals surface area contributed by atoms with E-state index in [0.29, 0.717) is 0 Å². The van der Waals surface area contributed by atoms with Crippen LogP contribution in [-0.4, -0.2) is 5.71 Å². The summed E-state index contributed by atoms with van der Waals surface area (Å²) in [5.41, 5.74) is 1.97. The molecule has 62 valence electrons. The average Bonchev–Trinajstić information content (AvgIpc) is 2.16. The Balaban J connectivity index is 2.70. The van der Waals surface area contributed by atoms with Gasteiger partial charge in [0.1, 0.15) is 0 Å². The molecule has 0 aromatic heterocycles. The van der Waals surface area contributed by atoms with Crippen LogP contribution in [0.2, 0.25) is 0 Å². The number of allylic oxidation sites excluding steroid dienone is 1. The van der Waals surface area contributed by atoms with Crippen molar-refractivity contribution in [3.63, 3.8) is 0 Å². The van der Waals surface area contributed by atoms with Gasteiger partial charge in [-0.25, -0.2) is 0 Å². The highest BCUT2D eigenvalue weighted by atomic mass is 15.1. The summed E-state index contributed by atoms with van der Waals surface area (Å²) in [6.07, 6.45) is 3.86. The first-order valence-electron chi connectivity index (χ1n) is 3.80. The minimum Gasteiger partial charge on any atom is -0.323 e. The molecule has 1 aromatic rings. The molecule has 0 atom stereocenters. The zero-order valence-electron chi connectivity index (χ0n) is 7.07. The third-order valence-corrected chi connectivity index (χ3v) is 1.52. The van der Waals surface area contributed by atoms with Crippen molar-refractivity contribution in [2.45, 2.75) is 6.92 Å². The summed E-state index contributed by atoms with van der Waals surface area (Å²) in [5.74, 6) is 5.07. The first kappa shape index (κ1) is 8.53. The predicted octanol–water partition coefficient (Wildman–Crippen LogP) is 2.03. The summed E-state index contributed by atoms with van der Waals surface area (Å²) in [6, 6.07) is 10.0. The van der Waals surface area contributed by atoms with Crippen LogP contribution in [0.5, 0.6) is 0 Å². The van der Waals surface area contributed by atoms with Crippen LogP contribution in [0.3, 0.4) is 0 Å². The van der Waals surface area contributed by atoms with Crippen LogP contribution in [-0.2, 0) is 0 Å². The van der Waals surface area contributed by atoms with E-state index in [1.165, 1.54) is 0 Å². The number of benzene rings is 1. The molecule has 0 fully saturated rings. The molecular weight excluding hydrogens is 148 g/mol. The van der Waals surface area contributed by atoms with Crippen LogP contribution < -0.4 is 5.84 Å².